The Morgan fingerprint density at radius 3 is 2.60 bits per heavy atom. The minimum absolute atomic E-state index is 0.354. The van der Waals surface area contributed by atoms with Crippen LogP contribution in [0.5, 0.6) is 0 Å². The monoisotopic (exact) mass is 180 g/mol. The molecule has 0 aromatic carbocycles. The molecule has 1 rings (SSSR count). The van der Waals surface area contributed by atoms with Gasteiger partial charge >= 0.3 is 7.73 Å². The van der Waals surface area contributed by atoms with Crippen molar-refractivity contribution in [3.8, 4) is 0 Å². The highest BCUT2D eigenvalue weighted by Crippen LogP contribution is 2.58. The summed E-state index contributed by atoms with van der Waals surface area (Å²) in [5.74, 6) is 0.649. The number of halogens is 1. The SMILES string of the molecule is C=C1OP(Cl)OC1(C)CC. The minimum Gasteiger partial charge on any atom is -0.438 e. The van der Waals surface area contributed by atoms with Crippen LogP contribution in [-0.2, 0) is 9.05 Å². The molecule has 2 atom stereocenters. The molecule has 0 aromatic heterocycles. The molecule has 1 aliphatic rings. The summed E-state index contributed by atoms with van der Waals surface area (Å²) in [4.78, 5) is 0. The van der Waals surface area contributed by atoms with Crippen molar-refractivity contribution in [3.05, 3.63) is 12.3 Å². The first-order valence-electron chi connectivity index (χ1n) is 3.11. The average molecular weight is 181 g/mol. The lowest BCUT2D eigenvalue weighted by molar-refractivity contribution is 0.157. The highest BCUT2D eigenvalue weighted by molar-refractivity contribution is 7.76. The van der Waals surface area contributed by atoms with Gasteiger partial charge in [-0.05, 0) is 24.6 Å². The Bertz CT molecular complexity index is 162. The van der Waals surface area contributed by atoms with Crippen molar-refractivity contribution in [2.75, 3.05) is 0 Å². The molecule has 1 fully saturated rings. The normalized spacial score (nSPS) is 39.9. The van der Waals surface area contributed by atoms with E-state index in [0.29, 0.717) is 5.76 Å². The van der Waals surface area contributed by atoms with Gasteiger partial charge in [-0.3, -0.25) is 4.52 Å². The molecule has 4 heteroatoms. The van der Waals surface area contributed by atoms with E-state index in [-0.39, 0.29) is 5.60 Å². The van der Waals surface area contributed by atoms with E-state index in [1.54, 1.807) is 0 Å². The van der Waals surface area contributed by atoms with Gasteiger partial charge in [0, 0.05) is 0 Å². The molecule has 0 amide bonds. The summed E-state index contributed by atoms with van der Waals surface area (Å²) in [6.45, 7) is 7.66. The maximum Gasteiger partial charge on any atom is 0.339 e. The van der Waals surface area contributed by atoms with Crippen LogP contribution in [-0.4, -0.2) is 5.60 Å². The molecular weight excluding hydrogens is 170 g/mol. The van der Waals surface area contributed by atoms with E-state index in [4.69, 9.17) is 20.3 Å². The van der Waals surface area contributed by atoms with Crippen LogP contribution in [0.4, 0.5) is 0 Å². The van der Waals surface area contributed by atoms with Gasteiger partial charge in [0.1, 0.15) is 11.4 Å². The molecular formula is C6H10ClO2P. The van der Waals surface area contributed by atoms with Crippen LogP contribution >= 0.6 is 19.0 Å². The molecule has 0 radical (unpaired) electrons. The Hall–Kier alpha value is 0.220. The van der Waals surface area contributed by atoms with Gasteiger partial charge in [-0.15, -0.1) is 0 Å². The van der Waals surface area contributed by atoms with Gasteiger partial charge in [0.25, 0.3) is 0 Å². The van der Waals surface area contributed by atoms with Gasteiger partial charge < -0.3 is 4.52 Å². The van der Waals surface area contributed by atoms with E-state index >= 15 is 0 Å². The maximum absolute atomic E-state index is 5.63. The molecule has 1 saturated heterocycles. The lowest BCUT2D eigenvalue weighted by Crippen LogP contribution is -2.22. The fourth-order valence-corrected chi connectivity index (χ4v) is 2.33. The van der Waals surface area contributed by atoms with Gasteiger partial charge in [0.2, 0.25) is 0 Å². The van der Waals surface area contributed by atoms with E-state index < -0.39 is 7.73 Å². The third-order valence-electron chi connectivity index (χ3n) is 1.72. The third kappa shape index (κ3) is 1.29. The van der Waals surface area contributed by atoms with Crippen molar-refractivity contribution in [2.45, 2.75) is 25.9 Å². The summed E-state index contributed by atoms with van der Waals surface area (Å²) in [5.41, 5.74) is -0.354. The first-order chi connectivity index (χ1) is 4.58. The van der Waals surface area contributed by atoms with E-state index in [9.17, 15) is 0 Å². The van der Waals surface area contributed by atoms with Gasteiger partial charge in [-0.2, -0.15) is 0 Å². The molecule has 1 heterocycles. The standard InChI is InChI=1S/C6H10ClO2P/c1-4-6(3)5(2)8-10(7)9-6/h2,4H2,1,3H3. The van der Waals surface area contributed by atoms with E-state index in [1.165, 1.54) is 0 Å². The van der Waals surface area contributed by atoms with Crippen LogP contribution in [0.2, 0.25) is 0 Å². The summed E-state index contributed by atoms with van der Waals surface area (Å²) in [6, 6.07) is 0. The fourth-order valence-electron chi connectivity index (χ4n) is 0.673. The summed E-state index contributed by atoms with van der Waals surface area (Å²) in [6.07, 6.45) is 0.845. The second-order valence-corrected chi connectivity index (χ2v) is 4.02. The van der Waals surface area contributed by atoms with Gasteiger partial charge in [-0.1, -0.05) is 13.5 Å². The first kappa shape index (κ1) is 8.32. The molecule has 0 saturated carbocycles. The van der Waals surface area contributed by atoms with Crippen molar-refractivity contribution in [3.63, 3.8) is 0 Å². The summed E-state index contributed by atoms with van der Waals surface area (Å²) in [7, 11) is -1.23. The molecule has 1 aliphatic heterocycles. The molecule has 0 aromatic rings. The Kier molecular flexibility index (Phi) is 2.24. The van der Waals surface area contributed by atoms with Crippen molar-refractivity contribution in [2.24, 2.45) is 0 Å². The first-order valence-corrected chi connectivity index (χ1v) is 5.19. The molecule has 10 heavy (non-hydrogen) atoms. The maximum atomic E-state index is 5.63. The van der Waals surface area contributed by atoms with Crippen LogP contribution in [0, 0.1) is 0 Å². The van der Waals surface area contributed by atoms with E-state index in [1.807, 2.05) is 13.8 Å². The van der Waals surface area contributed by atoms with Crippen LogP contribution in [0.25, 0.3) is 0 Å². The lowest BCUT2D eigenvalue weighted by atomic mass is 10.0. The summed E-state index contributed by atoms with van der Waals surface area (Å²) >= 11 is 5.63. The zero-order valence-corrected chi connectivity index (χ0v) is 7.71. The Balaban J connectivity index is 2.70. The predicted octanol–water partition coefficient (Wildman–Crippen LogP) is 3.18. The van der Waals surface area contributed by atoms with E-state index in [2.05, 4.69) is 6.58 Å². The molecule has 0 spiro atoms. The lowest BCUT2D eigenvalue weighted by Gasteiger charge is -2.17. The van der Waals surface area contributed by atoms with Crippen molar-refractivity contribution in [1.29, 1.82) is 0 Å². The van der Waals surface area contributed by atoms with Crippen LogP contribution < -0.4 is 0 Å². The quantitative estimate of drug-likeness (QED) is 0.577. The van der Waals surface area contributed by atoms with Crippen LogP contribution in [0.3, 0.4) is 0 Å². The molecule has 0 N–H and O–H groups in total. The molecule has 2 nitrogen and oxygen atoms in total. The molecule has 0 bridgehead atoms. The number of hydrogen-bond acceptors (Lipinski definition) is 2. The predicted molar refractivity (Wildman–Crippen MR) is 42.8 cm³/mol. The zero-order valence-electron chi connectivity index (χ0n) is 6.06. The van der Waals surface area contributed by atoms with Crippen molar-refractivity contribution in [1.82, 2.24) is 0 Å². The largest absolute Gasteiger partial charge is 0.438 e. The van der Waals surface area contributed by atoms with E-state index in [0.717, 1.165) is 6.42 Å². The fraction of sp³-hybridized carbons (Fsp3) is 0.667. The van der Waals surface area contributed by atoms with Crippen LogP contribution in [0.15, 0.2) is 12.3 Å². The highest BCUT2D eigenvalue weighted by Gasteiger charge is 2.40. The molecule has 58 valence electrons. The van der Waals surface area contributed by atoms with Crippen molar-refractivity contribution >= 4 is 19.0 Å². The van der Waals surface area contributed by atoms with Gasteiger partial charge in [-0.25, -0.2) is 0 Å². The van der Waals surface area contributed by atoms with Crippen LogP contribution in [0.1, 0.15) is 20.3 Å². The van der Waals surface area contributed by atoms with Gasteiger partial charge in [0.15, 0.2) is 0 Å². The second-order valence-electron chi connectivity index (χ2n) is 2.40. The topological polar surface area (TPSA) is 18.5 Å². The third-order valence-corrected chi connectivity index (χ3v) is 3.04. The Labute approximate surface area is 66.9 Å². The summed E-state index contributed by atoms with van der Waals surface area (Å²) < 4.78 is 10.4. The Morgan fingerprint density at radius 1 is 1.80 bits per heavy atom. The Morgan fingerprint density at radius 2 is 2.40 bits per heavy atom. The van der Waals surface area contributed by atoms with Gasteiger partial charge in [0.05, 0.1) is 0 Å². The molecule has 2 unspecified atom stereocenters. The number of rotatable bonds is 1. The smallest absolute Gasteiger partial charge is 0.339 e. The zero-order chi connectivity index (χ0) is 7.78. The van der Waals surface area contributed by atoms with Crippen molar-refractivity contribution < 1.29 is 9.05 Å². The minimum atomic E-state index is -1.23. The second kappa shape index (κ2) is 2.69. The number of hydrogen-bond donors (Lipinski definition) is 0. The summed E-state index contributed by atoms with van der Waals surface area (Å²) in [5, 5.41) is 0. The molecule has 0 aliphatic carbocycles. The average Bonchev–Trinajstić information content (AvgIpc) is 2.09. The highest BCUT2D eigenvalue weighted by atomic mass is 35.7.